The molecule has 106 valence electrons. The first-order valence-electron chi connectivity index (χ1n) is 6.90. The maximum atomic E-state index is 12.1. The van der Waals surface area contributed by atoms with Gasteiger partial charge in [0.25, 0.3) is 0 Å². The van der Waals surface area contributed by atoms with Gasteiger partial charge in [-0.2, -0.15) is 4.99 Å². The second-order valence-corrected chi connectivity index (χ2v) is 5.25. The van der Waals surface area contributed by atoms with Crippen LogP contribution in [-0.2, 0) is 6.54 Å². The van der Waals surface area contributed by atoms with E-state index in [1.54, 1.807) is 4.90 Å². The molecule has 3 rings (SSSR count). The van der Waals surface area contributed by atoms with Gasteiger partial charge in [-0.3, -0.25) is 0 Å². The van der Waals surface area contributed by atoms with Crippen LogP contribution in [0.25, 0.3) is 0 Å². The van der Waals surface area contributed by atoms with E-state index in [1.165, 1.54) is 5.56 Å². The molecule has 1 atom stereocenters. The van der Waals surface area contributed by atoms with Crippen LogP contribution in [0.3, 0.4) is 0 Å². The van der Waals surface area contributed by atoms with Crippen molar-refractivity contribution >= 4 is 11.9 Å². The molecule has 2 N–H and O–H groups in total. The van der Waals surface area contributed by atoms with Crippen LogP contribution in [0.5, 0.6) is 0 Å². The summed E-state index contributed by atoms with van der Waals surface area (Å²) in [6, 6.07) is 17.3. The minimum absolute atomic E-state index is 0.276. The van der Waals surface area contributed by atoms with E-state index in [2.05, 4.69) is 4.99 Å². The molecule has 0 radical (unpaired) electrons. The minimum atomic E-state index is -0.279. The number of aryl methyl sites for hydroxylation is 1. The number of rotatable bonds is 3. The fraction of sp³-hybridized carbons (Fsp3) is 0.176. The van der Waals surface area contributed by atoms with Gasteiger partial charge in [-0.15, -0.1) is 0 Å². The zero-order valence-corrected chi connectivity index (χ0v) is 11.9. The highest BCUT2D eigenvalue weighted by molar-refractivity contribution is 6.03. The molecular formula is C17H17N3O. The number of hydrogen-bond acceptors (Lipinski definition) is 2. The van der Waals surface area contributed by atoms with Crippen molar-refractivity contribution in [3.8, 4) is 0 Å². The van der Waals surface area contributed by atoms with Gasteiger partial charge in [0.05, 0.1) is 0 Å². The Bertz CT molecular complexity index is 677. The highest BCUT2D eigenvalue weighted by atomic mass is 16.2. The number of hydrogen-bond donors (Lipinski definition) is 1. The van der Waals surface area contributed by atoms with E-state index in [0.29, 0.717) is 12.4 Å². The van der Waals surface area contributed by atoms with Crippen molar-refractivity contribution < 1.29 is 4.79 Å². The number of nitrogens with two attached hydrogens (primary N) is 1. The quantitative estimate of drug-likeness (QED) is 0.938. The molecule has 1 heterocycles. The largest absolute Gasteiger partial charge is 0.385 e. The van der Waals surface area contributed by atoms with Crippen molar-refractivity contribution in [1.29, 1.82) is 0 Å². The van der Waals surface area contributed by atoms with Crippen molar-refractivity contribution in [2.75, 3.05) is 0 Å². The summed E-state index contributed by atoms with van der Waals surface area (Å²) in [7, 11) is 0. The molecule has 4 nitrogen and oxygen atoms in total. The highest BCUT2D eigenvalue weighted by Crippen LogP contribution is 2.28. The topological polar surface area (TPSA) is 58.7 Å². The lowest BCUT2D eigenvalue weighted by molar-refractivity contribution is 0.204. The molecule has 2 aromatic rings. The molecular weight excluding hydrogens is 262 g/mol. The lowest BCUT2D eigenvalue weighted by atomic mass is 10.0. The highest BCUT2D eigenvalue weighted by Gasteiger charge is 2.34. The molecule has 0 spiro atoms. The number of carbonyl (C=O) groups excluding carboxylic acids is 1. The SMILES string of the molecule is Cc1ccc(C2C(N)=NC(=O)N2Cc2ccccc2)cc1. The van der Waals surface area contributed by atoms with E-state index in [9.17, 15) is 4.79 Å². The monoisotopic (exact) mass is 279 g/mol. The molecule has 0 saturated heterocycles. The first-order valence-corrected chi connectivity index (χ1v) is 6.90. The van der Waals surface area contributed by atoms with Crippen molar-refractivity contribution in [2.24, 2.45) is 10.7 Å². The maximum absolute atomic E-state index is 12.1. The number of benzene rings is 2. The van der Waals surface area contributed by atoms with Gasteiger partial charge >= 0.3 is 6.03 Å². The summed E-state index contributed by atoms with van der Waals surface area (Å²) in [5, 5.41) is 0. The summed E-state index contributed by atoms with van der Waals surface area (Å²) in [6.07, 6.45) is 0. The van der Waals surface area contributed by atoms with E-state index in [0.717, 1.165) is 11.1 Å². The van der Waals surface area contributed by atoms with E-state index in [-0.39, 0.29) is 12.1 Å². The third-order valence-corrected chi connectivity index (χ3v) is 3.65. The molecule has 0 aromatic heterocycles. The normalized spacial score (nSPS) is 18.0. The average Bonchev–Trinajstić information content (AvgIpc) is 2.76. The second-order valence-electron chi connectivity index (χ2n) is 5.25. The summed E-state index contributed by atoms with van der Waals surface area (Å²) in [5.41, 5.74) is 9.20. The molecule has 2 amide bonds. The summed E-state index contributed by atoms with van der Waals surface area (Å²) in [6.45, 7) is 2.53. The Morgan fingerprint density at radius 2 is 1.76 bits per heavy atom. The predicted molar refractivity (Wildman–Crippen MR) is 82.9 cm³/mol. The Kier molecular flexibility index (Phi) is 3.44. The van der Waals surface area contributed by atoms with Gasteiger partial charge < -0.3 is 10.6 Å². The van der Waals surface area contributed by atoms with Gasteiger partial charge in [0.1, 0.15) is 11.9 Å². The molecule has 0 aliphatic carbocycles. The minimum Gasteiger partial charge on any atom is -0.385 e. The van der Waals surface area contributed by atoms with Crippen LogP contribution < -0.4 is 5.73 Å². The average molecular weight is 279 g/mol. The van der Waals surface area contributed by atoms with Gasteiger partial charge in [0, 0.05) is 6.54 Å². The van der Waals surface area contributed by atoms with Crippen LogP contribution in [0.1, 0.15) is 22.7 Å². The van der Waals surface area contributed by atoms with Crippen LogP contribution in [0.15, 0.2) is 59.6 Å². The molecule has 0 bridgehead atoms. The van der Waals surface area contributed by atoms with Crippen LogP contribution in [-0.4, -0.2) is 16.8 Å². The van der Waals surface area contributed by atoms with Crippen LogP contribution in [0.4, 0.5) is 4.79 Å². The number of amides is 2. The number of carbonyl (C=O) groups is 1. The van der Waals surface area contributed by atoms with Crippen molar-refractivity contribution in [1.82, 2.24) is 4.90 Å². The lowest BCUT2D eigenvalue weighted by Gasteiger charge is -2.24. The summed E-state index contributed by atoms with van der Waals surface area (Å²) in [5.74, 6) is 0.361. The summed E-state index contributed by atoms with van der Waals surface area (Å²) >= 11 is 0. The fourth-order valence-corrected chi connectivity index (χ4v) is 2.54. The molecule has 1 aliphatic rings. The Balaban J connectivity index is 1.91. The molecule has 4 heteroatoms. The lowest BCUT2D eigenvalue weighted by Crippen LogP contribution is -2.32. The summed E-state index contributed by atoms with van der Waals surface area (Å²) < 4.78 is 0. The molecule has 0 fully saturated rings. The molecule has 2 aromatic carbocycles. The van der Waals surface area contributed by atoms with Crippen molar-refractivity contribution in [3.05, 3.63) is 71.3 Å². The third-order valence-electron chi connectivity index (χ3n) is 3.65. The van der Waals surface area contributed by atoms with Gasteiger partial charge in [0.15, 0.2) is 0 Å². The Morgan fingerprint density at radius 3 is 2.43 bits per heavy atom. The van der Waals surface area contributed by atoms with Crippen LogP contribution in [0, 0.1) is 6.92 Å². The van der Waals surface area contributed by atoms with E-state index < -0.39 is 0 Å². The number of amidine groups is 1. The Labute approximate surface area is 123 Å². The van der Waals surface area contributed by atoms with Gasteiger partial charge in [-0.25, -0.2) is 4.79 Å². The third kappa shape index (κ3) is 2.65. The van der Waals surface area contributed by atoms with Gasteiger partial charge in [-0.05, 0) is 18.1 Å². The molecule has 1 unspecified atom stereocenters. The number of nitrogens with zero attached hydrogens (tertiary/aromatic N) is 2. The zero-order chi connectivity index (χ0) is 14.8. The smallest absolute Gasteiger partial charge is 0.346 e. The van der Waals surface area contributed by atoms with Crippen molar-refractivity contribution in [3.63, 3.8) is 0 Å². The zero-order valence-electron chi connectivity index (χ0n) is 11.9. The first kappa shape index (κ1) is 13.4. The number of urea groups is 1. The maximum Gasteiger partial charge on any atom is 0.346 e. The Hall–Kier alpha value is -2.62. The fourth-order valence-electron chi connectivity index (χ4n) is 2.54. The first-order chi connectivity index (χ1) is 10.1. The van der Waals surface area contributed by atoms with E-state index >= 15 is 0 Å². The Morgan fingerprint density at radius 1 is 1.10 bits per heavy atom. The van der Waals surface area contributed by atoms with E-state index in [4.69, 9.17) is 5.73 Å². The second kappa shape index (κ2) is 5.40. The summed E-state index contributed by atoms with van der Waals surface area (Å²) in [4.78, 5) is 17.7. The van der Waals surface area contributed by atoms with Gasteiger partial charge in [-0.1, -0.05) is 60.2 Å². The van der Waals surface area contributed by atoms with Crippen LogP contribution in [0.2, 0.25) is 0 Å². The molecule has 21 heavy (non-hydrogen) atoms. The van der Waals surface area contributed by atoms with E-state index in [1.807, 2.05) is 61.5 Å². The predicted octanol–water partition coefficient (Wildman–Crippen LogP) is 3.03. The van der Waals surface area contributed by atoms with Crippen molar-refractivity contribution in [2.45, 2.75) is 19.5 Å². The standard InChI is InChI=1S/C17H17N3O/c1-12-7-9-14(10-8-12)15-16(18)19-17(21)20(15)11-13-5-3-2-4-6-13/h2-10,15H,11H2,1H3,(H2,18,19,21). The molecule has 0 saturated carbocycles. The molecule has 1 aliphatic heterocycles. The van der Waals surface area contributed by atoms with Gasteiger partial charge in [0.2, 0.25) is 0 Å². The van der Waals surface area contributed by atoms with Crippen LogP contribution >= 0.6 is 0 Å². The number of aliphatic imine (C=N–C) groups is 1.